The fraction of sp³-hybridized carbons (Fsp3) is 0.500. The molecule has 8 heteroatoms. The third-order valence-electron chi connectivity index (χ3n) is 4.91. The normalized spacial score (nSPS) is 14.5. The second kappa shape index (κ2) is 11.3. The summed E-state index contributed by atoms with van der Waals surface area (Å²) in [5, 5.41) is 7.25. The van der Waals surface area contributed by atoms with Crippen LogP contribution in [0.4, 0.5) is 10.5 Å². The Morgan fingerprint density at radius 2 is 1.97 bits per heavy atom. The molecule has 1 amide bonds. The lowest BCUT2D eigenvalue weighted by Gasteiger charge is -2.20. The van der Waals surface area contributed by atoms with Crippen LogP contribution in [-0.2, 0) is 20.9 Å². The summed E-state index contributed by atoms with van der Waals surface area (Å²) in [6, 6.07) is 9.59. The topological polar surface area (TPSA) is 91.7 Å². The van der Waals surface area contributed by atoms with Gasteiger partial charge in [-0.25, -0.2) is 4.79 Å². The Morgan fingerprint density at radius 1 is 1.20 bits per heavy atom. The zero-order valence-electron chi connectivity index (χ0n) is 17.3. The minimum Gasteiger partial charge on any atom is -0.475 e. The quantitative estimate of drug-likeness (QED) is 0.587. The SMILES string of the molecule is CCOCCCOc1nn(C2CCC(=O)CC2)cc1NC(=O)OCc1ccccc1. The van der Waals surface area contributed by atoms with Crippen LogP contribution in [0.15, 0.2) is 36.5 Å². The van der Waals surface area contributed by atoms with Gasteiger partial charge in [0.1, 0.15) is 18.1 Å². The van der Waals surface area contributed by atoms with Gasteiger partial charge in [0.2, 0.25) is 0 Å². The largest absolute Gasteiger partial charge is 0.475 e. The Labute approximate surface area is 176 Å². The average Bonchev–Trinajstić information content (AvgIpc) is 3.16. The van der Waals surface area contributed by atoms with Crippen molar-refractivity contribution in [3.8, 4) is 5.88 Å². The summed E-state index contributed by atoms with van der Waals surface area (Å²) in [4.78, 5) is 23.8. The number of rotatable bonds is 10. The molecule has 2 aromatic rings. The van der Waals surface area contributed by atoms with Gasteiger partial charge in [-0.1, -0.05) is 30.3 Å². The highest BCUT2D eigenvalue weighted by Crippen LogP contribution is 2.31. The van der Waals surface area contributed by atoms with E-state index in [4.69, 9.17) is 14.2 Å². The zero-order chi connectivity index (χ0) is 21.2. The molecule has 0 radical (unpaired) electrons. The molecular weight excluding hydrogens is 386 g/mol. The third kappa shape index (κ3) is 6.59. The van der Waals surface area contributed by atoms with E-state index in [-0.39, 0.29) is 18.4 Å². The number of ether oxygens (including phenoxy) is 3. The first-order valence-corrected chi connectivity index (χ1v) is 10.4. The summed E-state index contributed by atoms with van der Waals surface area (Å²) >= 11 is 0. The predicted octanol–water partition coefficient (Wildman–Crippen LogP) is 4.12. The average molecular weight is 415 g/mol. The highest BCUT2D eigenvalue weighted by atomic mass is 16.5. The number of nitrogens with zero attached hydrogens (tertiary/aromatic N) is 2. The molecule has 3 rings (SSSR count). The van der Waals surface area contributed by atoms with Crippen molar-refractivity contribution in [2.45, 2.75) is 51.7 Å². The van der Waals surface area contributed by atoms with Gasteiger partial charge in [0.15, 0.2) is 0 Å². The molecule has 8 nitrogen and oxygen atoms in total. The van der Waals surface area contributed by atoms with Crippen molar-refractivity contribution in [2.24, 2.45) is 0 Å². The smallest absolute Gasteiger partial charge is 0.412 e. The molecule has 1 saturated carbocycles. The van der Waals surface area contributed by atoms with E-state index in [1.807, 2.05) is 37.3 Å². The lowest BCUT2D eigenvalue weighted by Crippen LogP contribution is -2.18. The van der Waals surface area contributed by atoms with Gasteiger partial charge in [0, 0.05) is 32.5 Å². The molecule has 0 aliphatic heterocycles. The zero-order valence-corrected chi connectivity index (χ0v) is 17.3. The summed E-state index contributed by atoms with van der Waals surface area (Å²) in [6.45, 7) is 3.81. The van der Waals surface area contributed by atoms with Gasteiger partial charge in [-0.05, 0) is 25.3 Å². The molecule has 1 fully saturated rings. The van der Waals surface area contributed by atoms with E-state index in [2.05, 4.69) is 10.4 Å². The van der Waals surface area contributed by atoms with Crippen molar-refractivity contribution in [3.05, 3.63) is 42.1 Å². The Kier molecular flexibility index (Phi) is 8.26. The van der Waals surface area contributed by atoms with Gasteiger partial charge in [0.25, 0.3) is 5.88 Å². The molecule has 1 aliphatic carbocycles. The number of Topliss-reactive ketones (excluding diaryl/α,β-unsaturated/α-hetero) is 1. The molecule has 0 spiro atoms. The molecule has 30 heavy (non-hydrogen) atoms. The van der Waals surface area contributed by atoms with Gasteiger partial charge >= 0.3 is 6.09 Å². The fourth-order valence-corrected chi connectivity index (χ4v) is 3.29. The molecule has 162 valence electrons. The van der Waals surface area contributed by atoms with Crippen LogP contribution in [0.5, 0.6) is 5.88 Å². The van der Waals surface area contributed by atoms with E-state index in [0.717, 1.165) is 24.8 Å². The Balaban J connectivity index is 1.61. The number of anilines is 1. The minimum atomic E-state index is -0.573. The fourth-order valence-electron chi connectivity index (χ4n) is 3.29. The standard InChI is InChI=1S/C22H29N3O5/c1-2-28-13-6-14-29-21-20(15-25(24-21)18-9-11-19(26)12-10-18)23-22(27)30-16-17-7-4-3-5-8-17/h3-5,7-8,15,18H,2,6,9-14,16H2,1H3,(H,23,27). The number of benzene rings is 1. The number of hydrogen-bond acceptors (Lipinski definition) is 6. The number of hydrogen-bond donors (Lipinski definition) is 1. The van der Waals surface area contributed by atoms with Crippen molar-refractivity contribution >= 4 is 17.6 Å². The van der Waals surface area contributed by atoms with Gasteiger partial charge < -0.3 is 14.2 Å². The first-order chi connectivity index (χ1) is 14.7. The number of nitrogens with one attached hydrogen (secondary N) is 1. The molecular formula is C22H29N3O5. The highest BCUT2D eigenvalue weighted by Gasteiger charge is 2.23. The lowest BCUT2D eigenvalue weighted by molar-refractivity contribution is -0.120. The summed E-state index contributed by atoms with van der Waals surface area (Å²) in [7, 11) is 0. The summed E-state index contributed by atoms with van der Waals surface area (Å²) in [5.74, 6) is 0.633. The van der Waals surface area contributed by atoms with Crippen LogP contribution in [0.25, 0.3) is 0 Å². The molecule has 0 saturated heterocycles. The van der Waals surface area contributed by atoms with Crippen LogP contribution >= 0.6 is 0 Å². The predicted molar refractivity (Wildman–Crippen MR) is 112 cm³/mol. The van der Waals surface area contributed by atoms with Crippen molar-refractivity contribution in [2.75, 3.05) is 25.1 Å². The summed E-state index contributed by atoms with van der Waals surface area (Å²) < 4.78 is 18.2. The van der Waals surface area contributed by atoms with Crippen LogP contribution in [0, 0.1) is 0 Å². The second-order valence-electron chi connectivity index (χ2n) is 7.18. The summed E-state index contributed by atoms with van der Waals surface area (Å²) in [6.07, 6.45) is 4.48. The number of carbonyl (C=O) groups is 2. The molecule has 0 bridgehead atoms. The number of carbonyl (C=O) groups excluding carboxylic acids is 2. The van der Waals surface area contributed by atoms with Gasteiger partial charge in [-0.15, -0.1) is 5.10 Å². The maximum Gasteiger partial charge on any atom is 0.412 e. The second-order valence-corrected chi connectivity index (χ2v) is 7.18. The molecule has 1 aliphatic rings. The molecule has 0 atom stereocenters. The number of ketones is 1. The summed E-state index contributed by atoms with van der Waals surface area (Å²) in [5.41, 5.74) is 1.36. The van der Waals surface area contributed by atoms with Crippen molar-refractivity contribution in [1.82, 2.24) is 9.78 Å². The van der Waals surface area contributed by atoms with E-state index in [9.17, 15) is 9.59 Å². The number of amides is 1. The van der Waals surface area contributed by atoms with Gasteiger partial charge in [-0.3, -0.25) is 14.8 Å². The van der Waals surface area contributed by atoms with E-state index in [0.29, 0.717) is 44.2 Å². The Bertz CT molecular complexity index is 811. The van der Waals surface area contributed by atoms with E-state index < -0.39 is 6.09 Å². The van der Waals surface area contributed by atoms with Crippen molar-refractivity contribution in [3.63, 3.8) is 0 Å². The molecule has 0 unspecified atom stereocenters. The van der Waals surface area contributed by atoms with Gasteiger partial charge in [-0.2, -0.15) is 0 Å². The van der Waals surface area contributed by atoms with Crippen LogP contribution in [-0.4, -0.2) is 41.5 Å². The minimum absolute atomic E-state index is 0.115. The van der Waals surface area contributed by atoms with Crippen LogP contribution < -0.4 is 10.1 Å². The number of aromatic nitrogens is 2. The highest BCUT2D eigenvalue weighted by molar-refractivity contribution is 5.86. The van der Waals surface area contributed by atoms with E-state index >= 15 is 0 Å². The third-order valence-corrected chi connectivity index (χ3v) is 4.91. The maximum atomic E-state index is 12.3. The van der Waals surface area contributed by atoms with Gasteiger partial charge in [0.05, 0.1) is 18.8 Å². The van der Waals surface area contributed by atoms with E-state index in [1.54, 1.807) is 10.9 Å². The first-order valence-electron chi connectivity index (χ1n) is 10.4. The molecule has 1 heterocycles. The molecule has 1 aromatic carbocycles. The first kappa shape index (κ1) is 21.8. The Hall–Kier alpha value is -2.87. The van der Waals surface area contributed by atoms with Crippen molar-refractivity contribution < 1.29 is 23.8 Å². The van der Waals surface area contributed by atoms with Crippen molar-refractivity contribution in [1.29, 1.82) is 0 Å². The Morgan fingerprint density at radius 3 is 2.70 bits per heavy atom. The lowest BCUT2D eigenvalue weighted by atomic mass is 9.95. The van der Waals surface area contributed by atoms with Crippen LogP contribution in [0.1, 0.15) is 50.6 Å². The molecule has 1 N–H and O–H groups in total. The molecule has 1 aromatic heterocycles. The van der Waals surface area contributed by atoms with Crippen LogP contribution in [0.3, 0.4) is 0 Å². The van der Waals surface area contributed by atoms with Crippen LogP contribution in [0.2, 0.25) is 0 Å². The monoisotopic (exact) mass is 415 g/mol. The maximum absolute atomic E-state index is 12.3. The van der Waals surface area contributed by atoms with E-state index in [1.165, 1.54) is 0 Å².